The third-order valence-electron chi connectivity index (χ3n) is 3.08. The van der Waals surface area contributed by atoms with Crippen LogP contribution in [0.1, 0.15) is 13.3 Å². The number of anilines is 3. The summed E-state index contributed by atoms with van der Waals surface area (Å²) in [6.07, 6.45) is 0.928. The van der Waals surface area contributed by atoms with Gasteiger partial charge in [-0.3, -0.25) is 0 Å². The Morgan fingerprint density at radius 2 is 1.85 bits per heavy atom. The van der Waals surface area contributed by atoms with Crippen LogP contribution in [0.2, 0.25) is 0 Å². The molecular weight excluding hydrogens is 255 g/mol. The minimum Gasteiger partial charge on any atom is -0.491 e. The predicted molar refractivity (Wildman–Crippen MR) is 81.1 cm³/mol. The molecule has 2 rings (SSSR count). The second-order valence-electron chi connectivity index (χ2n) is 4.57. The first-order valence-corrected chi connectivity index (χ1v) is 6.64. The maximum absolute atomic E-state index is 13.0. The van der Waals surface area contributed by atoms with E-state index in [4.69, 9.17) is 10.5 Å². The van der Waals surface area contributed by atoms with E-state index in [1.165, 1.54) is 12.1 Å². The summed E-state index contributed by atoms with van der Waals surface area (Å²) >= 11 is 0. The quantitative estimate of drug-likeness (QED) is 0.839. The van der Waals surface area contributed by atoms with Crippen LogP contribution < -0.4 is 15.4 Å². The van der Waals surface area contributed by atoms with Crippen molar-refractivity contribution in [3.8, 4) is 5.75 Å². The van der Waals surface area contributed by atoms with Crippen molar-refractivity contribution < 1.29 is 9.13 Å². The van der Waals surface area contributed by atoms with Crippen molar-refractivity contribution in [2.45, 2.75) is 13.3 Å². The van der Waals surface area contributed by atoms with Crippen LogP contribution in [0, 0.1) is 5.82 Å². The smallest absolute Gasteiger partial charge is 0.144 e. The molecule has 0 aliphatic rings. The van der Waals surface area contributed by atoms with Gasteiger partial charge in [0, 0.05) is 12.7 Å². The van der Waals surface area contributed by atoms with Gasteiger partial charge in [0.15, 0.2) is 0 Å². The summed E-state index contributed by atoms with van der Waals surface area (Å²) in [5.74, 6) is 0.425. The van der Waals surface area contributed by atoms with Crippen LogP contribution >= 0.6 is 0 Å². The highest BCUT2D eigenvalue weighted by Crippen LogP contribution is 2.35. The highest BCUT2D eigenvalue weighted by Gasteiger charge is 2.11. The average Bonchev–Trinajstić information content (AvgIpc) is 2.46. The first-order chi connectivity index (χ1) is 9.63. The van der Waals surface area contributed by atoms with Crippen LogP contribution in [-0.2, 0) is 0 Å². The molecule has 0 fully saturated rings. The van der Waals surface area contributed by atoms with Crippen LogP contribution in [0.4, 0.5) is 21.5 Å². The number of nitrogen functional groups attached to an aromatic ring is 1. The molecule has 0 heterocycles. The van der Waals surface area contributed by atoms with E-state index in [9.17, 15) is 4.39 Å². The topological polar surface area (TPSA) is 38.5 Å². The molecule has 0 unspecified atom stereocenters. The molecule has 106 valence electrons. The van der Waals surface area contributed by atoms with Crippen molar-refractivity contribution in [1.29, 1.82) is 0 Å². The standard InChI is InChI=1S/C16H19FN2O/c1-3-11-20-15-6-4-5-14(16(15)18)19(2)13-9-7-12(17)8-10-13/h4-10H,3,11,18H2,1-2H3. The fraction of sp³-hybridized carbons (Fsp3) is 0.250. The first-order valence-electron chi connectivity index (χ1n) is 6.64. The van der Waals surface area contributed by atoms with Crippen LogP contribution in [0.25, 0.3) is 0 Å². The van der Waals surface area contributed by atoms with Gasteiger partial charge in [-0.15, -0.1) is 0 Å². The molecule has 0 aliphatic carbocycles. The van der Waals surface area contributed by atoms with Crippen LogP contribution in [0.15, 0.2) is 42.5 Å². The van der Waals surface area contributed by atoms with Gasteiger partial charge in [0.25, 0.3) is 0 Å². The highest BCUT2D eigenvalue weighted by molar-refractivity contribution is 5.78. The third-order valence-corrected chi connectivity index (χ3v) is 3.08. The van der Waals surface area contributed by atoms with Crippen molar-refractivity contribution in [2.75, 3.05) is 24.3 Å². The summed E-state index contributed by atoms with van der Waals surface area (Å²) in [5.41, 5.74) is 8.45. The third kappa shape index (κ3) is 3.02. The van der Waals surface area contributed by atoms with E-state index in [-0.39, 0.29) is 5.82 Å². The minimum absolute atomic E-state index is 0.254. The van der Waals surface area contributed by atoms with Gasteiger partial charge in [-0.2, -0.15) is 0 Å². The summed E-state index contributed by atoms with van der Waals surface area (Å²) < 4.78 is 18.6. The van der Waals surface area contributed by atoms with Crippen molar-refractivity contribution in [1.82, 2.24) is 0 Å². The van der Waals surface area contributed by atoms with Gasteiger partial charge in [-0.25, -0.2) is 4.39 Å². The molecule has 4 heteroatoms. The first kappa shape index (κ1) is 14.2. The van der Waals surface area contributed by atoms with Crippen LogP contribution in [-0.4, -0.2) is 13.7 Å². The molecule has 0 radical (unpaired) electrons. The summed E-state index contributed by atoms with van der Waals surface area (Å²) in [6.45, 7) is 2.68. The fourth-order valence-corrected chi connectivity index (χ4v) is 1.97. The van der Waals surface area contributed by atoms with Crippen LogP contribution in [0.5, 0.6) is 5.75 Å². The van der Waals surface area contributed by atoms with E-state index < -0.39 is 0 Å². The van der Waals surface area contributed by atoms with Gasteiger partial charge >= 0.3 is 0 Å². The number of hydrogen-bond acceptors (Lipinski definition) is 3. The van der Waals surface area contributed by atoms with Gasteiger partial charge in [0.05, 0.1) is 18.0 Å². The maximum atomic E-state index is 13.0. The van der Waals surface area contributed by atoms with Crippen molar-refractivity contribution in [3.05, 3.63) is 48.3 Å². The van der Waals surface area contributed by atoms with Gasteiger partial charge in [0.2, 0.25) is 0 Å². The molecule has 0 bridgehead atoms. The molecule has 20 heavy (non-hydrogen) atoms. The van der Waals surface area contributed by atoms with Crippen molar-refractivity contribution >= 4 is 17.1 Å². The summed E-state index contributed by atoms with van der Waals surface area (Å²) in [4.78, 5) is 1.91. The molecule has 0 spiro atoms. The molecule has 2 N–H and O–H groups in total. The normalized spacial score (nSPS) is 10.3. The highest BCUT2D eigenvalue weighted by atomic mass is 19.1. The average molecular weight is 274 g/mol. The number of para-hydroxylation sites is 1. The molecule has 2 aromatic carbocycles. The van der Waals surface area contributed by atoms with E-state index in [0.717, 1.165) is 17.8 Å². The summed E-state index contributed by atoms with van der Waals surface area (Å²) in [7, 11) is 1.89. The lowest BCUT2D eigenvalue weighted by molar-refractivity contribution is 0.319. The van der Waals surface area contributed by atoms with Gasteiger partial charge < -0.3 is 15.4 Å². The van der Waals surface area contributed by atoms with Gasteiger partial charge in [-0.05, 0) is 42.8 Å². The molecule has 0 saturated carbocycles. The lowest BCUT2D eigenvalue weighted by atomic mass is 10.2. The van der Waals surface area contributed by atoms with E-state index >= 15 is 0 Å². The molecule has 0 aliphatic heterocycles. The zero-order chi connectivity index (χ0) is 14.5. The molecule has 0 amide bonds. The van der Waals surface area contributed by atoms with Crippen LogP contribution in [0.3, 0.4) is 0 Å². The Morgan fingerprint density at radius 1 is 1.15 bits per heavy atom. The molecule has 0 aromatic heterocycles. The lowest BCUT2D eigenvalue weighted by Crippen LogP contribution is -2.12. The van der Waals surface area contributed by atoms with E-state index in [2.05, 4.69) is 0 Å². The Balaban J connectivity index is 2.29. The molecule has 0 atom stereocenters. The SMILES string of the molecule is CCCOc1cccc(N(C)c2ccc(F)cc2)c1N. The number of ether oxygens (including phenoxy) is 1. The number of hydrogen-bond donors (Lipinski definition) is 1. The lowest BCUT2D eigenvalue weighted by Gasteiger charge is -2.22. The molecule has 3 nitrogen and oxygen atoms in total. The van der Waals surface area contributed by atoms with E-state index in [0.29, 0.717) is 18.0 Å². The molecular formula is C16H19FN2O. The second-order valence-corrected chi connectivity index (χ2v) is 4.57. The number of halogens is 1. The van der Waals surface area contributed by atoms with Gasteiger partial charge in [-0.1, -0.05) is 13.0 Å². The molecule has 2 aromatic rings. The Bertz CT molecular complexity index is 569. The number of nitrogens with two attached hydrogens (primary N) is 1. The minimum atomic E-state index is -0.254. The second kappa shape index (κ2) is 6.28. The fourth-order valence-electron chi connectivity index (χ4n) is 1.97. The monoisotopic (exact) mass is 274 g/mol. The van der Waals surface area contributed by atoms with Crippen molar-refractivity contribution in [3.63, 3.8) is 0 Å². The zero-order valence-electron chi connectivity index (χ0n) is 11.8. The zero-order valence-corrected chi connectivity index (χ0v) is 11.8. The largest absolute Gasteiger partial charge is 0.491 e. The number of rotatable bonds is 5. The number of benzene rings is 2. The van der Waals surface area contributed by atoms with E-state index in [1.54, 1.807) is 12.1 Å². The Kier molecular flexibility index (Phi) is 4.45. The molecule has 0 saturated heterocycles. The Morgan fingerprint density at radius 3 is 2.50 bits per heavy atom. The van der Waals surface area contributed by atoms with Gasteiger partial charge in [0.1, 0.15) is 11.6 Å². The predicted octanol–water partition coefficient (Wildman–Crippen LogP) is 3.96. The number of nitrogens with zero attached hydrogens (tertiary/aromatic N) is 1. The summed E-state index contributed by atoms with van der Waals surface area (Å²) in [5, 5.41) is 0. The Hall–Kier alpha value is -2.23. The Labute approximate surface area is 118 Å². The van der Waals surface area contributed by atoms with Crippen molar-refractivity contribution in [2.24, 2.45) is 0 Å². The maximum Gasteiger partial charge on any atom is 0.144 e. The van der Waals surface area contributed by atoms with E-state index in [1.807, 2.05) is 37.1 Å². The summed E-state index contributed by atoms with van der Waals surface area (Å²) in [6, 6.07) is 12.0.